The van der Waals surface area contributed by atoms with Gasteiger partial charge in [0.2, 0.25) is 0 Å². The topological polar surface area (TPSA) is 127 Å². The van der Waals surface area contributed by atoms with E-state index >= 15 is 0 Å². The molecule has 2 fully saturated rings. The largest absolute Gasteiger partial charge is 0.478 e. The highest BCUT2D eigenvalue weighted by Gasteiger charge is 2.36. The maximum atomic E-state index is 11.7. The van der Waals surface area contributed by atoms with E-state index in [9.17, 15) is 9.90 Å². The number of rotatable bonds is 5. The summed E-state index contributed by atoms with van der Waals surface area (Å²) in [6.45, 7) is 0. The first kappa shape index (κ1) is 19.1. The number of piperidine rings is 2. The van der Waals surface area contributed by atoms with E-state index in [1.54, 1.807) is 6.07 Å². The van der Waals surface area contributed by atoms with Crippen molar-refractivity contribution in [3.8, 4) is 6.07 Å². The van der Waals surface area contributed by atoms with Crippen molar-refractivity contribution in [1.29, 1.82) is 5.26 Å². The van der Waals surface area contributed by atoms with Gasteiger partial charge in [-0.2, -0.15) is 5.26 Å². The van der Waals surface area contributed by atoms with Gasteiger partial charge in [-0.1, -0.05) is 6.42 Å². The van der Waals surface area contributed by atoms with Gasteiger partial charge in [0.25, 0.3) is 0 Å². The summed E-state index contributed by atoms with van der Waals surface area (Å²) in [5.41, 5.74) is 0.912. The Morgan fingerprint density at radius 1 is 1.17 bits per heavy atom. The van der Waals surface area contributed by atoms with Crippen LogP contribution in [0, 0.1) is 11.3 Å². The number of hydrogen-bond donors (Lipinski definition) is 3. The molecule has 0 amide bonds. The minimum absolute atomic E-state index is 0.144. The fourth-order valence-corrected chi connectivity index (χ4v) is 4.35. The standard InChI is InChI=1S/C20H23N7O2/c1-27-14-3-2-4-15(27)6-12(5-14)25-17-7-18(24-10-16(17)20(28)29)26-19-11-22-13(8-21)9-23-19/h7,9-12,14-15H,2-6H2,1H3,(H,28,29)(H2,23,24,25,26). The summed E-state index contributed by atoms with van der Waals surface area (Å²) < 4.78 is 0. The summed E-state index contributed by atoms with van der Waals surface area (Å²) in [4.78, 5) is 26.4. The third-order valence-electron chi connectivity index (χ3n) is 5.86. The van der Waals surface area contributed by atoms with E-state index in [0.29, 0.717) is 29.4 Å². The molecule has 0 saturated carbocycles. The molecule has 0 aliphatic carbocycles. The summed E-state index contributed by atoms with van der Waals surface area (Å²) in [7, 11) is 2.19. The maximum absolute atomic E-state index is 11.7. The number of fused-ring (bicyclic) bond motifs is 2. The number of nitrogens with zero attached hydrogens (tertiary/aromatic N) is 5. The Morgan fingerprint density at radius 3 is 2.52 bits per heavy atom. The van der Waals surface area contributed by atoms with Crippen LogP contribution >= 0.6 is 0 Å². The Labute approximate surface area is 168 Å². The van der Waals surface area contributed by atoms with Crippen molar-refractivity contribution in [3.05, 3.63) is 35.9 Å². The molecule has 3 N–H and O–H groups in total. The van der Waals surface area contributed by atoms with Crippen LogP contribution in [-0.2, 0) is 0 Å². The van der Waals surface area contributed by atoms with Crippen LogP contribution in [0.4, 0.5) is 17.3 Å². The molecule has 0 aromatic carbocycles. The highest BCUT2D eigenvalue weighted by molar-refractivity contribution is 5.94. The lowest BCUT2D eigenvalue weighted by Crippen LogP contribution is -2.52. The van der Waals surface area contributed by atoms with Crippen LogP contribution in [0.5, 0.6) is 0 Å². The molecule has 2 atom stereocenters. The van der Waals surface area contributed by atoms with E-state index in [4.69, 9.17) is 5.26 Å². The van der Waals surface area contributed by atoms with Crippen molar-refractivity contribution in [2.45, 2.75) is 50.2 Å². The molecule has 29 heavy (non-hydrogen) atoms. The molecule has 9 nitrogen and oxygen atoms in total. The lowest BCUT2D eigenvalue weighted by molar-refractivity contribution is 0.0607. The summed E-state index contributed by atoms with van der Waals surface area (Å²) in [5, 5.41) is 24.9. The third-order valence-corrected chi connectivity index (χ3v) is 5.86. The Morgan fingerprint density at radius 2 is 1.90 bits per heavy atom. The fourth-order valence-electron chi connectivity index (χ4n) is 4.35. The zero-order valence-corrected chi connectivity index (χ0v) is 16.2. The molecular formula is C20H23N7O2. The summed E-state index contributed by atoms with van der Waals surface area (Å²) in [5.74, 6) is -0.123. The van der Waals surface area contributed by atoms with Crippen LogP contribution in [0.2, 0.25) is 0 Å². The normalized spacial score (nSPS) is 23.8. The van der Waals surface area contributed by atoms with Crippen LogP contribution in [0.1, 0.15) is 48.2 Å². The SMILES string of the molecule is CN1C2CCCC1CC(Nc1cc(Nc3cnc(C#N)cn3)ncc1C(=O)O)C2. The molecular weight excluding hydrogens is 370 g/mol. The number of pyridine rings is 1. The van der Waals surface area contributed by atoms with Gasteiger partial charge in [-0.05, 0) is 32.7 Å². The van der Waals surface area contributed by atoms with Crippen molar-refractivity contribution in [3.63, 3.8) is 0 Å². The van der Waals surface area contributed by atoms with Gasteiger partial charge in [-0.25, -0.2) is 19.7 Å². The van der Waals surface area contributed by atoms with Crippen LogP contribution in [0.3, 0.4) is 0 Å². The van der Waals surface area contributed by atoms with Crippen LogP contribution in [-0.4, -0.2) is 56.1 Å². The number of aromatic nitrogens is 3. The van der Waals surface area contributed by atoms with E-state index in [-0.39, 0.29) is 17.3 Å². The average molecular weight is 393 g/mol. The molecule has 2 saturated heterocycles. The Hall–Kier alpha value is -3.25. The van der Waals surface area contributed by atoms with E-state index in [1.165, 1.54) is 37.9 Å². The van der Waals surface area contributed by atoms with Crippen LogP contribution < -0.4 is 10.6 Å². The second-order valence-electron chi connectivity index (χ2n) is 7.66. The predicted molar refractivity (Wildman–Crippen MR) is 107 cm³/mol. The average Bonchev–Trinajstić information content (AvgIpc) is 2.69. The van der Waals surface area contributed by atoms with Gasteiger partial charge in [0, 0.05) is 30.4 Å². The summed E-state index contributed by atoms with van der Waals surface area (Å²) >= 11 is 0. The third kappa shape index (κ3) is 4.12. The smallest absolute Gasteiger partial charge is 0.339 e. The van der Waals surface area contributed by atoms with E-state index in [2.05, 4.69) is 37.5 Å². The van der Waals surface area contributed by atoms with Crippen LogP contribution in [0.25, 0.3) is 0 Å². The van der Waals surface area contributed by atoms with Crippen molar-refractivity contribution in [2.24, 2.45) is 0 Å². The van der Waals surface area contributed by atoms with Crippen molar-refractivity contribution < 1.29 is 9.90 Å². The van der Waals surface area contributed by atoms with Gasteiger partial charge < -0.3 is 20.6 Å². The number of nitrogens with one attached hydrogen (secondary N) is 2. The highest BCUT2D eigenvalue weighted by Crippen LogP contribution is 2.34. The van der Waals surface area contributed by atoms with E-state index in [1.807, 2.05) is 6.07 Å². The van der Waals surface area contributed by atoms with Crippen molar-refractivity contribution >= 4 is 23.3 Å². The van der Waals surface area contributed by atoms with Gasteiger partial charge >= 0.3 is 5.97 Å². The molecule has 150 valence electrons. The Balaban J connectivity index is 1.54. The quantitative estimate of drug-likeness (QED) is 0.702. The molecule has 4 rings (SSSR count). The molecule has 2 aromatic heterocycles. The molecule has 4 heterocycles. The van der Waals surface area contributed by atoms with Gasteiger partial charge in [0.15, 0.2) is 5.69 Å². The first-order valence-corrected chi connectivity index (χ1v) is 9.74. The number of nitriles is 1. The highest BCUT2D eigenvalue weighted by atomic mass is 16.4. The molecule has 0 spiro atoms. The van der Waals surface area contributed by atoms with E-state index in [0.717, 1.165) is 12.8 Å². The van der Waals surface area contributed by atoms with Crippen LogP contribution in [0.15, 0.2) is 24.7 Å². The number of anilines is 3. The monoisotopic (exact) mass is 393 g/mol. The minimum Gasteiger partial charge on any atom is -0.478 e. The Bertz CT molecular complexity index is 927. The number of carboxylic acids is 1. The zero-order valence-electron chi connectivity index (χ0n) is 16.2. The van der Waals surface area contributed by atoms with Gasteiger partial charge in [-0.3, -0.25) is 0 Å². The second kappa shape index (κ2) is 8.01. The minimum atomic E-state index is -1.02. The Kier molecular flexibility index (Phi) is 5.27. The van der Waals surface area contributed by atoms with Crippen molar-refractivity contribution in [2.75, 3.05) is 17.7 Å². The predicted octanol–water partition coefficient (Wildman–Crippen LogP) is 2.61. The number of hydrogen-bond acceptors (Lipinski definition) is 8. The lowest BCUT2D eigenvalue weighted by atomic mass is 9.82. The first-order chi connectivity index (χ1) is 14.0. The fraction of sp³-hybridized carbons (Fsp3) is 0.450. The summed E-state index contributed by atoms with van der Waals surface area (Å²) in [6.07, 6.45) is 9.80. The number of aromatic carboxylic acids is 1. The van der Waals surface area contributed by atoms with Gasteiger partial charge in [0.05, 0.1) is 18.1 Å². The zero-order chi connectivity index (χ0) is 20.4. The molecule has 9 heteroatoms. The lowest BCUT2D eigenvalue weighted by Gasteiger charge is -2.47. The first-order valence-electron chi connectivity index (χ1n) is 9.74. The second-order valence-corrected chi connectivity index (χ2v) is 7.66. The number of carbonyl (C=O) groups is 1. The summed E-state index contributed by atoms with van der Waals surface area (Å²) in [6, 6.07) is 4.92. The van der Waals surface area contributed by atoms with Crippen molar-refractivity contribution in [1.82, 2.24) is 19.9 Å². The molecule has 2 unspecified atom stereocenters. The maximum Gasteiger partial charge on any atom is 0.339 e. The van der Waals surface area contributed by atoms with Gasteiger partial charge in [0.1, 0.15) is 23.3 Å². The molecule has 2 aromatic rings. The molecule has 2 aliphatic heterocycles. The van der Waals surface area contributed by atoms with E-state index < -0.39 is 5.97 Å². The molecule has 2 aliphatic rings. The van der Waals surface area contributed by atoms with Gasteiger partial charge in [-0.15, -0.1) is 0 Å². The number of carboxylic acid groups (broad SMARTS) is 1. The molecule has 2 bridgehead atoms. The molecule has 0 radical (unpaired) electrons.